The second kappa shape index (κ2) is 7.22. The van der Waals surface area contributed by atoms with Crippen molar-refractivity contribution in [3.63, 3.8) is 0 Å². The molecular formula is C20H16FN3O4. The van der Waals surface area contributed by atoms with Crippen LogP contribution in [-0.2, 0) is 0 Å². The van der Waals surface area contributed by atoms with Gasteiger partial charge in [0.05, 0.1) is 19.4 Å². The van der Waals surface area contributed by atoms with Crippen molar-refractivity contribution in [2.24, 2.45) is 4.99 Å². The van der Waals surface area contributed by atoms with Crippen molar-refractivity contribution in [2.75, 3.05) is 13.7 Å². The van der Waals surface area contributed by atoms with E-state index in [1.165, 1.54) is 25.5 Å². The zero-order chi connectivity index (χ0) is 19.7. The first kappa shape index (κ1) is 17.8. The molecule has 1 aliphatic rings. The number of ether oxygens (including phenoxy) is 2. The van der Waals surface area contributed by atoms with E-state index in [2.05, 4.69) is 15.1 Å². The number of carbonyl (C=O) groups is 1. The Morgan fingerprint density at radius 2 is 2.04 bits per heavy atom. The summed E-state index contributed by atoms with van der Waals surface area (Å²) in [5, 5.41) is 3.95. The number of halogens is 1. The Kier molecular flexibility index (Phi) is 4.60. The largest absolute Gasteiger partial charge is 0.493 e. The van der Waals surface area contributed by atoms with Crippen LogP contribution in [-0.4, -0.2) is 35.9 Å². The van der Waals surface area contributed by atoms with Gasteiger partial charge in [-0.15, -0.1) is 0 Å². The highest BCUT2D eigenvalue weighted by atomic mass is 19.1. The van der Waals surface area contributed by atoms with E-state index in [4.69, 9.17) is 14.0 Å². The van der Waals surface area contributed by atoms with Crippen molar-refractivity contribution >= 4 is 17.7 Å². The van der Waals surface area contributed by atoms with E-state index in [1.807, 2.05) is 6.92 Å². The minimum absolute atomic E-state index is 0.0894. The molecule has 2 heterocycles. The monoisotopic (exact) mass is 381 g/mol. The summed E-state index contributed by atoms with van der Waals surface area (Å²) in [5.74, 6) is -0.190. The van der Waals surface area contributed by atoms with E-state index < -0.39 is 11.7 Å². The normalized spacial score (nSPS) is 15.4. The molecule has 28 heavy (non-hydrogen) atoms. The second-order valence-corrected chi connectivity index (χ2v) is 6.04. The lowest BCUT2D eigenvalue weighted by molar-refractivity contribution is 0.0971. The van der Waals surface area contributed by atoms with Gasteiger partial charge in [-0.05, 0) is 43.3 Å². The van der Waals surface area contributed by atoms with Crippen LogP contribution in [0.2, 0.25) is 0 Å². The molecule has 7 nitrogen and oxygen atoms in total. The summed E-state index contributed by atoms with van der Waals surface area (Å²) in [4.78, 5) is 21.2. The second-order valence-electron chi connectivity index (χ2n) is 6.04. The molecule has 0 radical (unpaired) electrons. The third kappa shape index (κ3) is 3.13. The van der Waals surface area contributed by atoms with E-state index in [0.717, 1.165) is 6.07 Å². The van der Waals surface area contributed by atoms with E-state index in [9.17, 15) is 9.18 Å². The number of carbonyl (C=O) groups excluding carboxylic acids is 1. The Labute approximate surface area is 159 Å². The van der Waals surface area contributed by atoms with Gasteiger partial charge >= 0.3 is 0 Å². The molecule has 0 saturated heterocycles. The van der Waals surface area contributed by atoms with Crippen LogP contribution in [0.15, 0.2) is 45.9 Å². The predicted octanol–water partition coefficient (Wildman–Crippen LogP) is 3.97. The summed E-state index contributed by atoms with van der Waals surface area (Å²) >= 11 is 0. The van der Waals surface area contributed by atoms with E-state index in [-0.39, 0.29) is 17.2 Å². The molecule has 1 aromatic heterocycles. The van der Waals surface area contributed by atoms with Gasteiger partial charge in [0.1, 0.15) is 11.7 Å². The maximum atomic E-state index is 13.5. The molecule has 0 fully saturated rings. The third-order valence-electron chi connectivity index (χ3n) is 4.30. The first-order chi connectivity index (χ1) is 13.6. The Hall–Kier alpha value is -3.55. The molecule has 8 heteroatoms. The summed E-state index contributed by atoms with van der Waals surface area (Å²) in [5.41, 5.74) is 1.25. The average Bonchev–Trinajstić information content (AvgIpc) is 3.19. The van der Waals surface area contributed by atoms with Gasteiger partial charge in [-0.3, -0.25) is 9.79 Å². The number of methoxy groups -OCH3 is 1. The zero-order valence-corrected chi connectivity index (χ0v) is 15.2. The lowest BCUT2D eigenvalue weighted by Crippen LogP contribution is -2.18. The number of Topliss-reactive ketones (excluding diaryl/α,β-unsaturated/α-hetero) is 1. The minimum atomic E-state index is -0.861. The van der Waals surface area contributed by atoms with E-state index >= 15 is 0 Å². The molecule has 0 spiro atoms. The van der Waals surface area contributed by atoms with Crippen LogP contribution >= 0.6 is 0 Å². The Morgan fingerprint density at radius 1 is 1.18 bits per heavy atom. The molecule has 0 bridgehead atoms. The van der Waals surface area contributed by atoms with Gasteiger partial charge in [0.2, 0.25) is 11.7 Å². The summed E-state index contributed by atoms with van der Waals surface area (Å²) in [6.45, 7) is 2.39. The highest BCUT2D eigenvalue weighted by molar-refractivity contribution is 6.15. The van der Waals surface area contributed by atoms with Crippen molar-refractivity contribution in [2.45, 2.75) is 12.8 Å². The maximum absolute atomic E-state index is 13.5. The lowest BCUT2D eigenvalue weighted by atomic mass is 9.94. The zero-order valence-electron chi connectivity index (χ0n) is 15.2. The Morgan fingerprint density at radius 3 is 2.82 bits per heavy atom. The maximum Gasteiger partial charge on any atom is 0.243 e. The predicted molar refractivity (Wildman–Crippen MR) is 99.1 cm³/mol. The highest BCUT2D eigenvalue weighted by Gasteiger charge is 2.31. The molecule has 1 aliphatic heterocycles. The van der Waals surface area contributed by atoms with E-state index in [0.29, 0.717) is 35.2 Å². The third-order valence-corrected chi connectivity index (χ3v) is 4.30. The van der Waals surface area contributed by atoms with Gasteiger partial charge in [-0.2, -0.15) is 4.98 Å². The number of aliphatic imine (C=N–C) groups is 1. The van der Waals surface area contributed by atoms with Gasteiger partial charge in [-0.1, -0.05) is 5.16 Å². The molecule has 0 aliphatic carbocycles. The Bertz CT molecular complexity index is 1080. The summed E-state index contributed by atoms with van der Waals surface area (Å²) < 4.78 is 29.6. The summed E-state index contributed by atoms with van der Waals surface area (Å²) in [6.07, 6.45) is 1.43. The van der Waals surface area contributed by atoms with Gasteiger partial charge in [0, 0.05) is 17.3 Å². The van der Waals surface area contributed by atoms with E-state index in [1.54, 1.807) is 18.2 Å². The molecule has 2 aromatic carbocycles. The number of rotatable bonds is 5. The first-order valence-corrected chi connectivity index (χ1v) is 8.63. The molecule has 1 unspecified atom stereocenters. The van der Waals surface area contributed by atoms with Gasteiger partial charge in [0.25, 0.3) is 0 Å². The van der Waals surface area contributed by atoms with Crippen LogP contribution in [0.4, 0.5) is 10.1 Å². The molecular weight excluding hydrogens is 365 g/mol. The molecule has 1 atom stereocenters. The molecule has 0 amide bonds. The lowest BCUT2D eigenvalue weighted by Gasteiger charge is -2.14. The molecule has 4 rings (SSSR count). The van der Waals surface area contributed by atoms with Crippen molar-refractivity contribution in [3.8, 4) is 22.9 Å². The fourth-order valence-corrected chi connectivity index (χ4v) is 2.94. The SMILES string of the molecule is CCOc1ccc(-c2noc(C3C=Nc4ccc(F)cc4C3=O)n2)cc1OC. The highest BCUT2D eigenvalue weighted by Crippen LogP contribution is 2.34. The number of fused-ring (bicyclic) bond motifs is 1. The van der Waals surface area contributed by atoms with Crippen LogP contribution in [0.5, 0.6) is 11.5 Å². The van der Waals surface area contributed by atoms with Crippen LogP contribution in [0.25, 0.3) is 11.4 Å². The van der Waals surface area contributed by atoms with Crippen LogP contribution in [0.1, 0.15) is 29.1 Å². The minimum Gasteiger partial charge on any atom is -0.493 e. The van der Waals surface area contributed by atoms with Crippen LogP contribution in [0.3, 0.4) is 0 Å². The topological polar surface area (TPSA) is 86.8 Å². The number of benzene rings is 2. The average molecular weight is 381 g/mol. The first-order valence-electron chi connectivity index (χ1n) is 8.63. The molecule has 0 N–H and O–H groups in total. The van der Waals surface area contributed by atoms with Crippen LogP contribution < -0.4 is 9.47 Å². The standard InChI is InChI=1S/C20H16FN3O4/c1-3-27-16-7-4-11(8-17(16)26-2)19-23-20(28-24-19)14-10-22-15-6-5-12(21)9-13(15)18(14)25/h4-10,14H,3H2,1-2H3. The van der Waals surface area contributed by atoms with Crippen LogP contribution in [0, 0.1) is 5.82 Å². The quantitative estimate of drug-likeness (QED) is 0.665. The number of hydrogen-bond donors (Lipinski definition) is 0. The van der Waals surface area contributed by atoms with Crippen molar-refractivity contribution < 1.29 is 23.2 Å². The van der Waals surface area contributed by atoms with Crippen molar-refractivity contribution in [3.05, 3.63) is 53.7 Å². The van der Waals surface area contributed by atoms with Gasteiger partial charge in [0.15, 0.2) is 17.3 Å². The number of nitrogens with zero attached hydrogens (tertiary/aromatic N) is 3. The molecule has 3 aromatic rings. The number of aromatic nitrogens is 2. The Balaban J connectivity index is 1.64. The fraction of sp³-hybridized carbons (Fsp3) is 0.200. The smallest absolute Gasteiger partial charge is 0.243 e. The molecule has 142 valence electrons. The van der Waals surface area contributed by atoms with Gasteiger partial charge < -0.3 is 14.0 Å². The van der Waals surface area contributed by atoms with Crippen molar-refractivity contribution in [1.29, 1.82) is 0 Å². The van der Waals surface area contributed by atoms with Crippen molar-refractivity contribution in [1.82, 2.24) is 10.1 Å². The fourth-order valence-electron chi connectivity index (χ4n) is 2.94. The number of hydrogen-bond acceptors (Lipinski definition) is 7. The summed E-state index contributed by atoms with van der Waals surface area (Å²) in [6, 6.07) is 9.12. The van der Waals surface area contributed by atoms with Gasteiger partial charge in [-0.25, -0.2) is 4.39 Å². The molecule has 0 saturated carbocycles. The summed E-state index contributed by atoms with van der Waals surface area (Å²) in [7, 11) is 1.54. The number of ketones is 1.